The largest absolute Gasteiger partial charge is 0.454 e. The first-order valence-electron chi connectivity index (χ1n) is 8.05. The van der Waals surface area contributed by atoms with Gasteiger partial charge in [-0.15, -0.1) is 6.42 Å². The van der Waals surface area contributed by atoms with E-state index < -0.39 is 42.4 Å². The molecule has 0 spiro atoms. The third-order valence-electron chi connectivity index (χ3n) is 3.94. The summed E-state index contributed by atoms with van der Waals surface area (Å²) in [5, 5.41) is 0. The number of rotatable bonds is 4. The topological polar surface area (TPSA) is 141 Å². The number of nitrogens with two attached hydrogens (primary N) is 1. The van der Waals surface area contributed by atoms with Gasteiger partial charge in [0.25, 0.3) is 0 Å². The maximum atomic E-state index is 14.8. The van der Waals surface area contributed by atoms with Crippen LogP contribution in [0.4, 0.5) is 10.3 Å². The third-order valence-corrected chi connectivity index (χ3v) is 3.94. The van der Waals surface area contributed by atoms with Gasteiger partial charge in [0.1, 0.15) is 5.52 Å². The number of carbonyl (C=O) groups excluding carboxylic acids is 2. The van der Waals surface area contributed by atoms with E-state index in [4.69, 9.17) is 26.4 Å². The van der Waals surface area contributed by atoms with Gasteiger partial charge in [-0.05, 0) is 0 Å². The highest BCUT2D eigenvalue weighted by molar-refractivity contribution is 5.72. The molecule has 2 aromatic rings. The number of aromatic nitrogens is 4. The Bertz CT molecular complexity index is 1040. The summed E-state index contributed by atoms with van der Waals surface area (Å²) in [5.41, 5.74) is 5.09. The zero-order valence-electron chi connectivity index (χ0n) is 14.9. The highest BCUT2D eigenvalue weighted by Crippen LogP contribution is 2.35. The highest BCUT2D eigenvalue weighted by atomic mass is 19.1. The molecule has 0 amide bonds. The van der Waals surface area contributed by atoms with Gasteiger partial charge >= 0.3 is 17.6 Å². The molecule has 3 heterocycles. The fourth-order valence-corrected chi connectivity index (χ4v) is 2.93. The maximum absolute atomic E-state index is 14.8. The molecule has 12 heteroatoms. The van der Waals surface area contributed by atoms with E-state index in [1.54, 1.807) is 0 Å². The second-order valence-corrected chi connectivity index (χ2v) is 5.90. The van der Waals surface area contributed by atoms with Crippen LogP contribution in [0.1, 0.15) is 20.1 Å². The van der Waals surface area contributed by atoms with E-state index in [1.165, 1.54) is 6.20 Å². The summed E-state index contributed by atoms with van der Waals surface area (Å²) in [4.78, 5) is 43.4. The molecule has 0 saturated carbocycles. The number of nitrogens with zero attached hydrogens (tertiary/aromatic N) is 4. The lowest BCUT2D eigenvalue weighted by atomic mass is 10.2. The lowest BCUT2D eigenvalue weighted by molar-refractivity contribution is -0.186. The predicted octanol–water partition coefficient (Wildman–Crippen LogP) is -0.504. The molecular weight excluding hydrogens is 377 g/mol. The van der Waals surface area contributed by atoms with Gasteiger partial charge < -0.3 is 19.9 Å². The Morgan fingerprint density at radius 2 is 2.07 bits per heavy atom. The molecule has 1 fully saturated rings. The van der Waals surface area contributed by atoms with Crippen molar-refractivity contribution in [2.75, 3.05) is 5.73 Å². The van der Waals surface area contributed by atoms with Crippen LogP contribution in [-0.4, -0.2) is 49.6 Å². The van der Waals surface area contributed by atoms with Gasteiger partial charge in [-0.1, -0.05) is 5.92 Å². The lowest BCUT2D eigenvalue weighted by Gasteiger charge is -2.19. The first kappa shape index (κ1) is 19.3. The van der Waals surface area contributed by atoms with Crippen molar-refractivity contribution in [3.05, 3.63) is 16.7 Å². The second kappa shape index (κ2) is 7.28. The molecule has 2 aromatic heterocycles. The molecule has 2 N–H and O–H groups in total. The fourth-order valence-electron chi connectivity index (χ4n) is 2.93. The molecule has 0 aliphatic carbocycles. The van der Waals surface area contributed by atoms with Crippen molar-refractivity contribution in [3.63, 3.8) is 0 Å². The minimum atomic E-state index is -2.05. The van der Waals surface area contributed by atoms with Crippen LogP contribution in [0.15, 0.2) is 11.0 Å². The van der Waals surface area contributed by atoms with Crippen LogP contribution >= 0.6 is 0 Å². The Labute approximate surface area is 157 Å². The molecule has 28 heavy (non-hydrogen) atoms. The number of alkyl halides is 1. The number of anilines is 1. The molecule has 3 rings (SSSR count). The average Bonchev–Trinajstić information content (AvgIpc) is 3.03. The number of halogens is 1. The molecule has 1 aliphatic heterocycles. The van der Waals surface area contributed by atoms with Gasteiger partial charge in [0, 0.05) is 13.8 Å². The van der Waals surface area contributed by atoms with Gasteiger partial charge in [-0.25, -0.2) is 18.7 Å². The number of nitrogen functional groups attached to an aromatic ring is 1. The summed E-state index contributed by atoms with van der Waals surface area (Å²) in [6.45, 7) is 1.99. The average molecular weight is 393 g/mol. The van der Waals surface area contributed by atoms with Crippen LogP contribution in [0.25, 0.3) is 11.2 Å². The number of carbonyl (C=O) groups is 2. The van der Waals surface area contributed by atoms with Crippen LogP contribution in [0.5, 0.6) is 0 Å². The molecule has 11 nitrogen and oxygen atoms in total. The molecule has 148 valence electrons. The smallest absolute Gasteiger partial charge is 0.333 e. The van der Waals surface area contributed by atoms with Crippen molar-refractivity contribution in [3.8, 4) is 12.3 Å². The highest BCUT2D eigenvalue weighted by Gasteiger charge is 2.51. The first-order chi connectivity index (χ1) is 13.2. The number of fused-ring (bicyclic) bond motifs is 1. The number of ether oxygens (including phenoxy) is 3. The van der Waals surface area contributed by atoms with Crippen molar-refractivity contribution in [2.24, 2.45) is 0 Å². The van der Waals surface area contributed by atoms with Crippen molar-refractivity contribution in [2.45, 2.75) is 45.2 Å². The number of imidazole rings is 1. The summed E-state index contributed by atoms with van der Waals surface area (Å²) in [6.07, 6.45) is -0.220. The Morgan fingerprint density at radius 3 is 2.68 bits per heavy atom. The van der Waals surface area contributed by atoms with E-state index in [0.29, 0.717) is 0 Å². The zero-order chi connectivity index (χ0) is 20.6. The first-order valence-corrected chi connectivity index (χ1v) is 8.05. The van der Waals surface area contributed by atoms with E-state index in [1.807, 2.05) is 0 Å². The molecule has 0 radical (unpaired) electrons. The minimum Gasteiger partial charge on any atom is -0.454 e. The molecular formula is C16H16FN5O6. The van der Waals surface area contributed by atoms with Crippen molar-refractivity contribution in [1.82, 2.24) is 19.1 Å². The van der Waals surface area contributed by atoms with Crippen LogP contribution < -0.4 is 11.4 Å². The van der Waals surface area contributed by atoms with Crippen LogP contribution in [0.3, 0.4) is 0 Å². The summed E-state index contributed by atoms with van der Waals surface area (Å²) >= 11 is 0. The van der Waals surface area contributed by atoms with Crippen molar-refractivity contribution < 1.29 is 28.2 Å². The molecule has 0 bridgehead atoms. The van der Waals surface area contributed by atoms with Gasteiger partial charge in [0.2, 0.25) is 18.4 Å². The van der Waals surface area contributed by atoms with Crippen molar-refractivity contribution >= 4 is 29.1 Å². The normalized spacial score (nSPS) is 24.1. The number of esters is 2. The number of terminal acetylenes is 1. The predicted molar refractivity (Wildman–Crippen MR) is 91.2 cm³/mol. The van der Waals surface area contributed by atoms with Crippen molar-refractivity contribution in [1.29, 1.82) is 0 Å². The Kier molecular flexibility index (Phi) is 5.02. The number of hydrogen-bond acceptors (Lipinski definition) is 9. The summed E-state index contributed by atoms with van der Waals surface area (Å²) in [6, 6.07) is 0. The van der Waals surface area contributed by atoms with E-state index in [9.17, 15) is 18.8 Å². The van der Waals surface area contributed by atoms with E-state index in [0.717, 1.165) is 23.0 Å². The van der Waals surface area contributed by atoms with Gasteiger partial charge in [0.05, 0.1) is 12.7 Å². The summed E-state index contributed by atoms with van der Waals surface area (Å²) in [7, 11) is 0. The second-order valence-electron chi connectivity index (χ2n) is 5.90. The van der Waals surface area contributed by atoms with Gasteiger partial charge in [0.15, 0.2) is 18.0 Å². The zero-order valence-corrected chi connectivity index (χ0v) is 14.9. The molecule has 1 saturated heterocycles. The van der Waals surface area contributed by atoms with E-state index >= 15 is 0 Å². The van der Waals surface area contributed by atoms with Crippen LogP contribution in [-0.2, 0) is 30.3 Å². The number of hydrogen-bond donors (Lipinski definition) is 1. The molecule has 4 atom stereocenters. The molecule has 1 aliphatic rings. The quantitative estimate of drug-likeness (QED) is 0.537. The maximum Gasteiger partial charge on any atom is 0.333 e. The fraction of sp³-hybridized carbons (Fsp3) is 0.438. The van der Waals surface area contributed by atoms with Gasteiger partial charge in [-0.2, -0.15) is 4.98 Å². The van der Waals surface area contributed by atoms with Crippen LogP contribution in [0, 0.1) is 12.3 Å². The van der Waals surface area contributed by atoms with E-state index in [-0.39, 0.29) is 23.7 Å². The lowest BCUT2D eigenvalue weighted by Crippen LogP contribution is -2.37. The summed E-state index contributed by atoms with van der Waals surface area (Å²) < 4.78 is 32.0. The Morgan fingerprint density at radius 1 is 1.39 bits per heavy atom. The summed E-state index contributed by atoms with van der Waals surface area (Å²) in [5.74, 6) is 0.522. The molecule has 0 aromatic carbocycles. The standard InChI is InChI=1S/C16H16FN5O6/c1-4-5-21-9-6-19-15(18)20-12(9)22(16(21)25)13-11(26-7(2)23)10(17)14(28-13)27-8(3)24/h1,6,10-11,13-14H,5H2,2-3H3,(H2,18,19,20)/t10-,11-,13-,14+/m1/s1. The third kappa shape index (κ3) is 3.27. The van der Waals surface area contributed by atoms with Gasteiger partial charge in [-0.3, -0.25) is 14.2 Å². The minimum absolute atomic E-state index is 0.00872. The molecule has 0 unspecified atom stereocenters. The Balaban J connectivity index is 2.18. The van der Waals surface area contributed by atoms with E-state index in [2.05, 4.69) is 15.9 Å². The SMILES string of the molecule is C#CCn1c(=O)n([C@@H]2O[C@H](OC(C)=O)[C@H](F)[C@H]2OC(C)=O)c2nc(N)ncc21. The van der Waals surface area contributed by atoms with Crippen LogP contribution in [0.2, 0.25) is 0 Å². The monoisotopic (exact) mass is 393 g/mol. The Hall–Kier alpha value is -3.46.